The summed E-state index contributed by atoms with van der Waals surface area (Å²) < 4.78 is 4.90. The SMILES string of the molecule is COc1cc(C)c([N+](=O)[O-])c(C#N)c1. The molecule has 0 aliphatic carbocycles. The van der Waals surface area contributed by atoms with Crippen molar-refractivity contribution in [1.82, 2.24) is 0 Å². The number of nitro benzene ring substituents is 1. The lowest BCUT2D eigenvalue weighted by Gasteiger charge is -2.03. The Labute approximate surface area is 80.7 Å². The number of nitriles is 1. The van der Waals surface area contributed by atoms with Gasteiger partial charge in [0.1, 0.15) is 17.4 Å². The molecule has 5 nitrogen and oxygen atoms in total. The Balaban J connectivity index is 3.44. The van der Waals surface area contributed by atoms with Crippen LogP contribution in [-0.4, -0.2) is 12.0 Å². The van der Waals surface area contributed by atoms with Crippen LogP contribution in [0.2, 0.25) is 0 Å². The summed E-state index contributed by atoms with van der Waals surface area (Å²) in [6, 6.07) is 4.65. The third-order valence-electron chi connectivity index (χ3n) is 1.81. The second-order valence-electron chi connectivity index (χ2n) is 2.71. The number of rotatable bonds is 2. The van der Waals surface area contributed by atoms with Gasteiger partial charge in [0, 0.05) is 11.6 Å². The monoisotopic (exact) mass is 192 g/mol. The molecule has 0 fully saturated rings. The molecule has 72 valence electrons. The maximum atomic E-state index is 10.6. The van der Waals surface area contributed by atoms with Crippen molar-refractivity contribution >= 4 is 5.69 Å². The van der Waals surface area contributed by atoms with Crippen molar-refractivity contribution in [2.24, 2.45) is 0 Å². The number of hydrogen-bond acceptors (Lipinski definition) is 4. The van der Waals surface area contributed by atoms with Crippen LogP contribution in [-0.2, 0) is 0 Å². The van der Waals surface area contributed by atoms with E-state index in [0.29, 0.717) is 11.3 Å². The molecule has 0 saturated carbocycles. The third-order valence-corrected chi connectivity index (χ3v) is 1.81. The molecule has 0 unspecified atom stereocenters. The van der Waals surface area contributed by atoms with Crippen molar-refractivity contribution in [3.05, 3.63) is 33.4 Å². The van der Waals surface area contributed by atoms with Crippen LogP contribution in [0.4, 0.5) is 5.69 Å². The van der Waals surface area contributed by atoms with Crippen LogP contribution >= 0.6 is 0 Å². The molecule has 0 heterocycles. The van der Waals surface area contributed by atoms with E-state index in [1.54, 1.807) is 13.0 Å². The molecule has 0 amide bonds. The van der Waals surface area contributed by atoms with Crippen molar-refractivity contribution in [2.75, 3.05) is 7.11 Å². The largest absolute Gasteiger partial charge is 0.497 e. The Morgan fingerprint density at radius 3 is 2.64 bits per heavy atom. The van der Waals surface area contributed by atoms with E-state index in [4.69, 9.17) is 10.00 Å². The predicted molar refractivity (Wildman–Crippen MR) is 49.1 cm³/mol. The van der Waals surface area contributed by atoms with Crippen LogP contribution in [0.25, 0.3) is 0 Å². The highest BCUT2D eigenvalue weighted by atomic mass is 16.6. The summed E-state index contributed by atoms with van der Waals surface area (Å²) in [5.74, 6) is 0.449. The van der Waals surface area contributed by atoms with Gasteiger partial charge in [0.15, 0.2) is 0 Å². The van der Waals surface area contributed by atoms with Crippen LogP contribution < -0.4 is 4.74 Å². The normalized spacial score (nSPS) is 9.21. The maximum absolute atomic E-state index is 10.6. The number of ether oxygens (including phenoxy) is 1. The molecular formula is C9H8N2O3. The minimum absolute atomic E-state index is 0.0202. The Bertz CT molecular complexity index is 421. The van der Waals surface area contributed by atoms with Crippen molar-refractivity contribution in [3.8, 4) is 11.8 Å². The van der Waals surface area contributed by atoms with Gasteiger partial charge in [-0.05, 0) is 13.0 Å². The molecule has 0 bridgehead atoms. The summed E-state index contributed by atoms with van der Waals surface area (Å²) in [4.78, 5) is 10.1. The number of nitro groups is 1. The molecule has 0 N–H and O–H groups in total. The molecule has 0 radical (unpaired) electrons. The zero-order valence-electron chi connectivity index (χ0n) is 7.77. The Morgan fingerprint density at radius 2 is 2.21 bits per heavy atom. The standard InChI is InChI=1S/C9H8N2O3/c1-6-3-8(14-2)4-7(5-10)9(6)11(12)13/h3-4H,1-2H3. The van der Waals surface area contributed by atoms with Gasteiger partial charge in [0.05, 0.1) is 12.0 Å². The van der Waals surface area contributed by atoms with Gasteiger partial charge in [-0.25, -0.2) is 0 Å². The summed E-state index contributed by atoms with van der Waals surface area (Å²) in [5.41, 5.74) is 0.283. The first kappa shape index (κ1) is 9.99. The zero-order chi connectivity index (χ0) is 10.7. The highest BCUT2D eigenvalue weighted by Gasteiger charge is 2.18. The first-order valence-electron chi connectivity index (χ1n) is 3.83. The highest BCUT2D eigenvalue weighted by Crippen LogP contribution is 2.27. The van der Waals surface area contributed by atoms with E-state index in [1.165, 1.54) is 19.2 Å². The van der Waals surface area contributed by atoms with E-state index in [2.05, 4.69) is 0 Å². The van der Waals surface area contributed by atoms with Crippen LogP contribution in [0.15, 0.2) is 12.1 Å². The van der Waals surface area contributed by atoms with Gasteiger partial charge in [-0.3, -0.25) is 10.1 Å². The summed E-state index contributed by atoms with van der Waals surface area (Å²) in [5, 5.41) is 19.3. The maximum Gasteiger partial charge on any atom is 0.290 e. The first-order valence-corrected chi connectivity index (χ1v) is 3.83. The lowest BCUT2D eigenvalue weighted by molar-refractivity contribution is -0.385. The second-order valence-corrected chi connectivity index (χ2v) is 2.71. The fraction of sp³-hybridized carbons (Fsp3) is 0.222. The first-order chi connectivity index (χ1) is 6.60. The smallest absolute Gasteiger partial charge is 0.290 e. The third kappa shape index (κ3) is 1.64. The van der Waals surface area contributed by atoms with Crippen LogP contribution in [0.5, 0.6) is 5.75 Å². The highest BCUT2D eigenvalue weighted by molar-refractivity contribution is 5.57. The summed E-state index contributed by atoms with van der Waals surface area (Å²) in [6.07, 6.45) is 0. The predicted octanol–water partition coefficient (Wildman–Crippen LogP) is 1.78. The van der Waals surface area contributed by atoms with Crippen LogP contribution in [0.1, 0.15) is 11.1 Å². The van der Waals surface area contributed by atoms with E-state index in [9.17, 15) is 10.1 Å². The molecule has 0 aliphatic heterocycles. The molecular weight excluding hydrogens is 184 g/mol. The minimum atomic E-state index is -0.562. The second kappa shape index (κ2) is 3.75. The van der Waals surface area contributed by atoms with Crippen molar-refractivity contribution in [1.29, 1.82) is 5.26 Å². The molecule has 5 heteroatoms. The van der Waals surface area contributed by atoms with E-state index >= 15 is 0 Å². The van der Waals surface area contributed by atoms with Crippen molar-refractivity contribution in [2.45, 2.75) is 6.92 Å². The molecule has 0 spiro atoms. The van der Waals surface area contributed by atoms with Gasteiger partial charge in [-0.2, -0.15) is 5.26 Å². The van der Waals surface area contributed by atoms with E-state index in [0.717, 1.165) is 0 Å². The minimum Gasteiger partial charge on any atom is -0.497 e. The topological polar surface area (TPSA) is 76.2 Å². The number of methoxy groups -OCH3 is 1. The molecule has 0 aromatic heterocycles. The Morgan fingerprint density at radius 1 is 1.57 bits per heavy atom. The average molecular weight is 192 g/mol. The molecule has 1 rings (SSSR count). The number of benzene rings is 1. The lowest BCUT2D eigenvalue weighted by atomic mass is 10.1. The fourth-order valence-corrected chi connectivity index (χ4v) is 1.19. The molecule has 0 atom stereocenters. The lowest BCUT2D eigenvalue weighted by Crippen LogP contribution is -1.96. The van der Waals surface area contributed by atoms with Gasteiger partial charge in [0.2, 0.25) is 0 Å². The summed E-state index contributed by atoms with van der Waals surface area (Å²) in [6.45, 7) is 1.57. The van der Waals surface area contributed by atoms with Gasteiger partial charge in [0.25, 0.3) is 5.69 Å². The molecule has 0 aliphatic rings. The number of nitrogens with zero attached hydrogens (tertiary/aromatic N) is 2. The van der Waals surface area contributed by atoms with E-state index in [1.807, 2.05) is 0 Å². The number of hydrogen-bond donors (Lipinski definition) is 0. The molecule has 1 aromatic carbocycles. The average Bonchev–Trinajstić information content (AvgIpc) is 2.15. The Kier molecular flexibility index (Phi) is 2.67. The molecule has 0 saturated heterocycles. The van der Waals surface area contributed by atoms with Gasteiger partial charge in [-0.15, -0.1) is 0 Å². The van der Waals surface area contributed by atoms with Gasteiger partial charge in [-0.1, -0.05) is 0 Å². The van der Waals surface area contributed by atoms with Gasteiger partial charge >= 0.3 is 0 Å². The van der Waals surface area contributed by atoms with E-state index < -0.39 is 4.92 Å². The summed E-state index contributed by atoms with van der Waals surface area (Å²) in [7, 11) is 1.45. The quantitative estimate of drug-likeness (QED) is 0.528. The van der Waals surface area contributed by atoms with Crippen LogP contribution in [0.3, 0.4) is 0 Å². The fourth-order valence-electron chi connectivity index (χ4n) is 1.19. The Hall–Kier alpha value is -2.09. The number of aryl methyl sites for hydroxylation is 1. The zero-order valence-corrected chi connectivity index (χ0v) is 7.77. The van der Waals surface area contributed by atoms with Crippen LogP contribution in [0, 0.1) is 28.4 Å². The van der Waals surface area contributed by atoms with Gasteiger partial charge < -0.3 is 4.74 Å². The van der Waals surface area contributed by atoms with E-state index in [-0.39, 0.29) is 11.3 Å². The van der Waals surface area contributed by atoms with Crippen molar-refractivity contribution in [3.63, 3.8) is 0 Å². The van der Waals surface area contributed by atoms with Crippen molar-refractivity contribution < 1.29 is 9.66 Å². The molecule has 14 heavy (non-hydrogen) atoms. The molecule has 1 aromatic rings. The summed E-state index contributed by atoms with van der Waals surface area (Å²) >= 11 is 0.